The van der Waals surface area contributed by atoms with Crippen molar-refractivity contribution < 1.29 is 9.59 Å². The molecule has 20 heavy (non-hydrogen) atoms. The molecule has 0 aromatic carbocycles. The molecule has 0 aromatic rings. The molecule has 1 unspecified atom stereocenters. The van der Waals surface area contributed by atoms with Gasteiger partial charge in [0.1, 0.15) is 0 Å². The zero-order valence-corrected chi connectivity index (χ0v) is 13.4. The van der Waals surface area contributed by atoms with E-state index < -0.39 is 0 Å². The van der Waals surface area contributed by atoms with E-state index in [0.717, 1.165) is 45.4 Å². The van der Waals surface area contributed by atoms with Crippen molar-refractivity contribution >= 4 is 24.2 Å². The standard InChI is InChI=1S/C14H27N3O2.ClH/c1-3-9-17(10-4-2)14(19)6-5-13(18)16-12-7-8-15-11-12;/h12,15H,3-11H2,1-2H3,(H,16,18);1H. The highest BCUT2D eigenvalue weighted by Crippen LogP contribution is 2.03. The highest BCUT2D eigenvalue weighted by Gasteiger charge is 2.18. The summed E-state index contributed by atoms with van der Waals surface area (Å²) in [6, 6.07) is 0.241. The van der Waals surface area contributed by atoms with Crippen LogP contribution in [0.3, 0.4) is 0 Å². The molecule has 0 saturated carbocycles. The maximum atomic E-state index is 12.0. The van der Waals surface area contributed by atoms with Crippen LogP contribution in [0.15, 0.2) is 0 Å². The summed E-state index contributed by atoms with van der Waals surface area (Å²) in [5, 5.41) is 6.17. The van der Waals surface area contributed by atoms with Crippen LogP contribution in [0, 0.1) is 0 Å². The molecule has 0 radical (unpaired) electrons. The van der Waals surface area contributed by atoms with Crippen LogP contribution in [0.1, 0.15) is 46.0 Å². The number of carbonyl (C=O) groups is 2. The minimum atomic E-state index is -0.00463. The van der Waals surface area contributed by atoms with E-state index in [1.807, 2.05) is 4.90 Å². The first-order chi connectivity index (χ1) is 9.17. The molecule has 5 nitrogen and oxygen atoms in total. The molecule has 2 amide bonds. The quantitative estimate of drug-likeness (QED) is 0.711. The highest BCUT2D eigenvalue weighted by atomic mass is 35.5. The van der Waals surface area contributed by atoms with Gasteiger partial charge in [0.2, 0.25) is 11.8 Å². The van der Waals surface area contributed by atoms with Crippen LogP contribution in [-0.4, -0.2) is 48.9 Å². The largest absolute Gasteiger partial charge is 0.352 e. The zero-order valence-electron chi connectivity index (χ0n) is 12.6. The monoisotopic (exact) mass is 305 g/mol. The van der Waals surface area contributed by atoms with Gasteiger partial charge in [-0.15, -0.1) is 12.4 Å². The SMILES string of the molecule is CCCN(CCC)C(=O)CCC(=O)NC1CCNC1.Cl. The van der Waals surface area contributed by atoms with Crippen molar-refractivity contribution in [2.45, 2.75) is 52.0 Å². The lowest BCUT2D eigenvalue weighted by Crippen LogP contribution is -2.37. The summed E-state index contributed by atoms with van der Waals surface area (Å²) in [6.45, 7) is 7.52. The van der Waals surface area contributed by atoms with Crippen molar-refractivity contribution in [2.24, 2.45) is 0 Å². The number of rotatable bonds is 8. The molecule has 1 aliphatic heterocycles. The second-order valence-electron chi connectivity index (χ2n) is 5.14. The van der Waals surface area contributed by atoms with E-state index in [9.17, 15) is 9.59 Å². The van der Waals surface area contributed by atoms with Gasteiger partial charge in [-0.25, -0.2) is 0 Å². The van der Waals surface area contributed by atoms with Gasteiger partial charge in [0.15, 0.2) is 0 Å². The predicted octanol–water partition coefficient (Wildman–Crippen LogP) is 1.32. The normalized spacial score (nSPS) is 17.4. The third-order valence-corrected chi connectivity index (χ3v) is 3.33. The number of nitrogens with zero attached hydrogens (tertiary/aromatic N) is 1. The molecule has 2 N–H and O–H groups in total. The Hall–Kier alpha value is -0.810. The Labute approximate surface area is 128 Å². The van der Waals surface area contributed by atoms with Gasteiger partial charge in [0, 0.05) is 38.5 Å². The number of amides is 2. The number of hydrogen-bond acceptors (Lipinski definition) is 3. The maximum absolute atomic E-state index is 12.0. The van der Waals surface area contributed by atoms with Crippen molar-refractivity contribution in [1.82, 2.24) is 15.5 Å². The summed E-state index contributed by atoms with van der Waals surface area (Å²) in [5.74, 6) is 0.0957. The lowest BCUT2D eigenvalue weighted by molar-refractivity contribution is -0.133. The van der Waals surface area contributed by atoms with Crippen LogP contribution < -0.4 is 10.6 Å². The molecule has 1 fully saturated rings. The topological polar surface area (TPSA) is 61.4 Å². The van der Waals surface area contributed by atoms with E-state index in [1.54, 1.807) is 0 Å². The van der Waals surface area contributed by atoms with Crippen molar-refractivity contribution in [3.8, 4) is 0 Å². The summed E-state index contributed by atoms with van der Waals surface area (Å²) in [7, 11) is 0. The third-order valence-electron chi connectivity index (χ3n) is 3.33. The number of halogens is 1. The smallest absolute Gasteiger partial charge is 0.223 e. The van der Waals surface area contributed by atoms with Crippen molar-refractivity contribution in [2.75, 3.05) is 26.2 Å². The molecule has 1 atom stereocenters. The number of hydrogen-bond donors (Lipinski definition) is 2. The molecule has 0 aliphatic carbocycles. The van der Waals surface area contributed by atoms with Crippen LogP contribution in [0.5, 0.6) is 0 Å². The summed E-state index contributed by atoms with van der Waals surface area (Å²) in [6.07, 6.45) is 3.54. The highest BCUT2D eigenvalue weighted by molar-refractivity contribution is 5.85. The van der Waals surface area contributed by atoms with Gasteiger partial charge in [0.25, 0.3) is 0 Å². The second kappa shape index (κ2) is 10.9. The fourth-order valence-electron chi connectivity index (χ4n) is 2.36. The fourth-order valence-corrected chi connectivity index (χ4v) is 2.36. The molecule has 0 spiro atoms. The molecule has 0 aromatic heterocycles. The summed E-state index contributed by atoms with van der Waals surface area (Å²) in [5.41, 5.74) is 0. The van der Waals surface area contributed by atoms with E-state index in [1.165, 1.54) is 0 Å². The third kappa shape index (κ3) is 7.10. The molecule has 118 valence electrons. The summed E-state index contributed by atoms with van der Waals surface area (Å²) >= 11 is 0. The first-order valence-electron chi connectivity index (χ1n) is 7.45. The molecular formula is C14H28ClN3O2. The molecular weight excluding hydrogens is 278 g/mol. The zero-order chi connectivity index (χ0) is 14.1. The van der Waals surface area contributed by atoms with Crippen molar-refractivity contribution in [3.63, 3.8) is 0 Å². The average molecular weight is 306 g/mol. The second-order valence-corrected chi connectivity index (χ2v) is 5.14. The van der Waals surface area contributed by atoms with E-state index in [2.05, 4.69) is 24.5 Å². The van der Waals surface area contributed by atoms with E-state index >= 15 is 0 Å². The van der Waals surface area contributed by atoms with Gasteiger partial charge in [0.05, 0.1) is 0 Å². The minimum absolute atomic E-state index is 0. The molecule has 1 heterocycles. The molecule has 0 bridgehead atoms. The number of carbonyl (C=O) groups excluding carboxylic acids is 2. The lowest BCUT2D eigenvalue weighted by atomic mass is 10.2. The Morgan fingerprint density at radius 3 is 2.35 bits per heavy atom. The van der Waals surface area contributed by atoms with Crippen molar-refractivity contribution in [3.05, 3.63) is 0 Å². The van der Waals surface area contributed by atoms with E-state index in [0.29, 0.717) is 12.8 Å². The average Bonchev–Trinajstić information content (AvgIpc) is 2.88. The first kappa shape index (κ1) is 19.2. The Balaban J connectivity index is 0.00000361. The van der Waals surface area contributed by atoms with Crippen LogP contribution in [0.25, 0.3) is 0 Å². The van der Waals surface area contributed by atoms with Gasteiger partial charge in [-0.05, 0) is 25.8 Å². The first-order valence-corrected chi connectivity index (χ1v) is 7.45. The number of nitrogens with one attached hydrogen (secondary N) is 2. The van der Waals surface area contributed by atoms with E-state index in [-0.39, 0.29) is 30.3 Å². The fraction of sp³-hybridized carbons (Fsp3) is 0.857. The predicted molar refractivity (Wildman–Crippen MR) is 83.1 cm³/mol. The molecule has 1 rings (SSSR count). The Bertz CT molecular complexity index is 288. The summed E-state index contributed by atoms with van der Waals surface area (Å²) in [4.78, 5) is 25.6. The van der Waals surface area contributed by atoms with Gasteiger partial charge in [-0.3, -0.25) is 9.59 Å². The van der Waals surface area contributed by atoms with Gasteiger partial charge in [-0.2, -0.15) is 0 Å². The van der Waals surface area contributed by atoms with Crippen LogP contribution in [0.4, 0.5) is 0 Å². The van der Waals surface area contributed by atoms with Crippen molar-refractivity contribution in [1.29, 1.82) is 0 Å². The van der Waals surface area contributed by atoms with Crippen LogP contribution in [0.2, 0.25) is 0 Å². The van der Waals surface area contributed by atoms with Crippen LogP contribution in [-0.2, 0) is 9.59 Å². The lowest BCUT2D eigenvalue weighted by Gasteiger charge is -2.21. The Morgan fingerprint density at radius 1 is 1.20 bits per heavy atom. The van der Waals surface area contributed by atoms with Gasteiger partial charge < -0.3 is 15.5 Å². The van der Waals surface area contributed by atoms with Gasteiger partial charge >= 0.3 is 0 Å². The Morgan fingerprint density at radius 2 is 1.85 bits per heavy atom. The molecule has 1 saturated heterocycles. The molecule has 6 heteroatoms. The van der Waals surface area contributed by atoms with Crippen LogP contribution >= 0.6 is 12.4 Å². The maximum Gasteiger partial charge on any atom is 0.223 e. The minimum Gasteiger partial charge on any atom is -0.352 e. The Kier molecular flexibility index (Phi) is 10.5. The molecule has 1 aliphatic rings. The van der Waals surface area contributed by atoms with Gasteiger partial charge in [-0.1, -0.05) is 13.8 Å². The van der Waals surface area contributed by atoms with E-state index in [4.69, 9.17) is 0 Å². The summed E-state index contributed by atoms with van der Waals surface area (Å²) < 4.78 is 0.